The van der Waals surface area contributed by atoms with Crippen LogP contribution in [0.1, 0.15) is 34.6 Å². The molecule has 202 valence electrons. The standard InChI is InChI=1S/C31H25ClFN3O4/c1-18-21(10-15-27-30(18)40-31(36-27)35-26-5-3-2-4-25(26)32)16-28(37)34-23-13-8-20(9-14-23)24(17-29(38)39)19-6-11-22(33)12-7-19/h2-15,24H,16-17H2,1H3,(H,34,37)(H,35,36)(H,38,39). The first kappa shape index (κ1) is 26.9. The molecule has 0 fully saturated rings. The fourth-order valence-electron chi connectivity index (χ4n) is 4.56. The maximum atomic E-state index is 13.4. The average molecular weight is 558 g/mol. The van der Waals surface area contributed by atoms with Crippen molar-refractivity contribution in [2.75, 3.05) is 10.6 Å². The predicted molar refractivity (Wildman–Crippen MR) is 153 cm³/mol. The summed E-state index contributed by atoms with van der Waals surface area (Å²) in [7, 11) is 0. The Bertz CT molecular complexity index is 1680. The Morgan fingerprint density at radius 3 is 2.33 bits per heavy atom. The van der Waals surface area contributed by atoms with Crippen molar-refractivity contribution in [3.63, 3.8) is 0 Å². The smallest absolute Gasteiger partial charge is 0.304 e. The van der Waals surface area contributed by atoms with E-state index in [-0.39, 0.29) is 24.6 Å². The molecule has 1 amide bonds. The summed E-state index contributed by atoms with van der Waals surface area (Å²) >= 11 is 6.22. The molecule has 0 radical (unpaired) electrons. The number of fused-ring (bicyclic) bond motifs is 1. The number of aromatic nitrogens is 1. The van der Waals surface area contributed by atoms with Gasteiger partial charge in [0, 0.05) is 11.6 Å². The number of amides is 1. The van der Waals surface area contributed by atoms with Crippen LogP contribution in [-0.4, -0.2) is 22.0 Å². The highest BCUT2D eigenvalue weighted by molar-refractivity contribution is 6.33. The van der Waals surface area contributed by atoms with E-state index in [4.69, 9.17) is 16.0 Å². The van der Waals surface area contributed by atoms with Gasteiger partial charge in [0.2, 0.25) is 5.91 Å². The van der Waals surface area contributed by atoms with Gasteiger partial charge in [-0.1, -0.05) is 54.1 Å². The van der Waals surface area contributed by atoms with Crippen molar-refractivity contribution in [3.8, 4) is 0 Å². The van der Waals surface area contributed by atoms with E-state index in [1.807, 2.05) is 31.2 Å². The SMILES string of the molecule is Cc1c(CC(=O)Nc2ccc(C(CC(=O)O)c3ccc(F)cc3)cc2)ccc2nc(Nc3ccccc3Cl)oc12. The maximum absolute atomic E-state index is 13.4. The molecule has 0 spiro atoms. The molecule has 1 atom stereocenters. The predicted octanol–water partition coefficient (Wildman–Crippen LogP) is 7.46. The van der Waals surface area contributed by atoms with E-state index >= 15 is 0 Å². The van der Waals surface area contributed by atoms with Crippen LogP contribution in [0.2, 0.25) is 5.02 Å². The number of carboxylic acid groups (broad SMARTS) is 1. The number of halogens is 2. The van der Waals surface area contributed by atoms with Crippen LogP contribution in [0, 0.1) is 12.7 Å². The number of aryl methyl sites for hydroxylation is 1. The normalized spacial score (nSPS) is 11.8. The van der Waals surface area contributed by atoms with Crippen molar-refractivity contribution in [1.82, 2.24) is 4.98 Å². The minimum Gasteiger partial charge on any atom is -0.481 e. The van der Waals surface area contributed by atoms with Crippen LogP contribution in [0.4, 0.5) is 21.8 Å². The molecule has 5 rings (SSSR count). The van der Waals surface area contributed by atoms with Gasteiger partial charge in [-0.2, -0.15) is 4.98 Å². The molecule has 1 aromatic heterocycles. The third-order valence-electron chi connectivity index (χ3n) is 6.63. The van der Waals surface area contributed by atoms with Crippen molar-refractivity contribution in [2.45, 2.75) is 25.7 Å². The van der Waals surface area contributed by atoms with Gasteiger partial charge in [-0.15, -0.1) is 0 Å². The van der Waals surface area contributed by atoms with Gasteiger partial charge >= 0.3 is 5.97 Å². The number of nitrogens with one attached hydrogen (secondary N) is 2. The van der Waals surface area contributed by atoms with Crippen molar-refractivity contribution < 1.29 is 23.5 Å². The molecule has 0 saturated heterocycles. The Morgan fingerprint density at radius 1 is 0.975 bits per heavy atom. The summed E-state index contributed by atoms with van der Waals surface area (Å²) in [5.74, 6) is -2.01. The topological polar surface area (TPSA) is 104 Å². The van der Waals surface area contributed by atoms with E-state index in [1.54, 1.807) is 48.5 Å². The number of benzene rings is 4. The zero-order valence-electron chi connectivity index (χ0n) is 21.4. The highest BCUT2D eigenvalue weighted by Crippen LogP contribution is 2.31. The van der Waals surface area contributed by atoms with Gasteiger partial charge in [0.15, 0.2) is 5.58 Å². The first-order chi connectivity index (χ1) is 19.3. The molecule has 0 aliphatic carbocycles. The molecular weight excluding hydrogens is 533 g/mol. The van der Waals surface area contributed by atoms with E-state index < -0.39 is 11.9 Å². The Morgan fingerprint density at radius 2 is 1.65 bits per heavy atom. The molecule has 40 heavy (non-hydrogen) atoms. The fourth-order valence-corrected chi connectivity index (χ4v) is 4.74. The molecule has 4 aromatic carbocycles. The van der Waals surface area contributed by atoms with E-state index in [9.17, 15) is 19.1 Å². The van der Waals surface area contributed by atoms with Gasteiger partial charge in [0.05, 0.1) is 23.6 Å². The fraction of sp³-hybridized carbons (Fsp3) is 0.129. The Labute approximate surface area is 234 Å². The third-order valence-corrected chi connectivity index (χ3v) is 6.96. The zero-order chi connectivity index (χ0) is 28.2. The third kappa shape index (κ3) is 6.13. The van der Waals surface area contributed by atoms with Gasteiger partial charge in [-0.3, -0.25) is 9.59 Å². The maximum Gasteiger partial charge on any atom is 0.304 e. The van der Waals surface area contributed by atoms with Crippen LogP contribution in [-0.2, 0) is 16.0 Å². The molecule has 1 unspecified atom stereocenters. The highest BCUT2D eigenvalue weighted by Gasteiger charge is 2.19. The second kappa shape index (κ2) is 11.6. The summed E-state index contributed by atoms with van der Waals surface area (Å²) in [5, 5.41) is 15.9. The lowest BCUT2D eigenvalue weighted by Crippen LogP contribution is -2.15. The summed E-state index contributed by atoms with van der Waals surface area (Å²) in [6.45, 7) is 1.88. The van der Waals surface area contributed by atoms with Crippen LogP contribution < -0.4 is 10.6 Å². The highest BCUT2D eigenvalue weighted by atomic mass is 35.5. The monoisotopic (exact) mass is 557 g/mol. The molecule has 3 N–H and O–H groups in total. The quantitative estimate of drug-likeness (QED) is 0.174. The molecular formula is C31H25ClFN3O4. The van der Waals surface area contributed by atoms with Crippen molar-refractivity contribution in [1.29, 1.82) is 0 Å². The van der Waals surface area contributed by atoms with Crippen LogP contribution >= 0.6 is 11.6 Å². The number of para-hydroxylation sites is 1. The van der Waals surface area contributed by atoms with Gasteiger partial charge < -0.3 is 20.2 Å². The second-order valence-electron chi connectivity index (χ2n) is 9.37. The number of hydrogen-bond acceptors (Lipinski definition) is 5. The first-order valence-electron chi connectivity index (χ1n) is 12.5. The molecule has 0 aliphatic rings. The summed E-state index contributed by atoms with van der Waals surface area (Å²) in [4.78, 5) is 28.8. The molecule has 0 saturated carbocycles. The van der Waals surface area contributed by atoms with E-state index in [2.05, 4.69) is 15.6 Å². The molecule has 0 bridgehead atoms. The van der Waals surface area contributed by atoms with E-state index in [0.29, 0.717) is 39.1 Å². The minimum atomic E-state index is -0.961. The first-order valence-corrected chi connectivity index (χ1v) is 12.9. The number of aliphatic carboxylic acids is 1. The Hall–Kier alpha value is -4.69. The van der Waals surface area contributed by atoms with Gasteiger partial charge in [-0.05, 0) is 71.6 Å². The Kier molecular flexibility index (Phi) is 7.79. The molecule has 9 heteroatoms. The number of hydrogen-bond donors (Lipinski definition) is 3. The number of carboxylic acids is 1. The van der Waals surface area contributed by atoms with Crippen LogP contribution in [0.15, 0.2) is 89.3 Å². The number of nitrogens with zero attached hydrogens (tertiary/aromatic N) is 1. The summed E-state index contributed by atoms with van der Waals surface area (Å²) in [5.41, 5.74) is 5.53. The number of carbonyl (C=O) groups is 2. The number of rotatable bonds is 9. The molecule has 1 heterocycles. The lowest BCUT2D eigenvalue weighted by molar-refractivity contribution is -0.137. The van der Waals surface area contributed by atoms with Crippen molar-refractivity contribution >= 4 is 52.0 Å². The van der Waals surface area contributed by atoms with Gasteiger partial charge in [0.1, 0.15) is 11.3 Å². The summed E-state index contributed by atoms with van der Waals surface area (Å²) < 4.78 is 19.3. The largest absolute Gasteiger partial charge is 0.481 e. The minimum absolute atomic E-state index is 0.120. The van der Waals surface area contributed by atoms with E-state index in [0.717, 1.165) is 16.7 Å². The average Bonchev–Trinajstić information content (AvgIpc) is 3.35. The lowest BCUT2D eigenvalue weighted by atomic mass is 9.88. The van der Waals surface area contributed by atoms with Gasteiger partial charge in [-0.25, -0.2) is 4.39 Å². The molecule has 0 aliphatic heterocycles. The molecule has 5 aromatic rings. The summed E-state index contributed by atoms with van der Waals surface area (Å²) in [6.07, 6.45) is -0.0227. The number of carbonyl (C=O) groups excluding carboxylic acids is 1. The van der Waals surface area contributed by atoms with Crippen molar-refractivity contribution in [2.24, 2.45) is 0 Å². The van der Waals surface area contributed by atoms with E-state index in [1.165, 1.54) is 12.1 Å². The number of anilines is 3. The van der Waals surface area contributed by atoms with Crippen LogP contribution in [0.5, 0.6) is 0 Å². The van der Waals surface area contributed by atoms with Gasteiger partial charge in [0.25, 0.3) is 6.01 Å². The summed E-state index contributed by atoms with van der Waals surface area (Å²) in [6, 6.07) is 24.0. The van der Waals surface area contributed by atoms with Crippen LogP contribution in [0.25, 0.3) is 11.1 Å². The zero-order valence-corrected chi connectivity index (χ0v) is 22.2. The lowest BCUT2D eigenvalue weighted by Gasteiger charge is -2.17. The second-order valence-corrected chi connectivity index (χ2v) is 9.78. The molecule has 7 nitrogen and oxygen atoms in total. The Balaban J connectivity index is 1.28. The van der Waals surface area contributed by atoms with Crippen LogP contribution in [0.3, 0.4) is 0 Å². The van der Waals surface area contributed by atoms with Crippen molar-refractivity contribution in [3.05, 3.63) is 118 Å². The number of oxazole rings is 1.